The monoisotopic (exact) mass is 684 g/mol. The van der Waals surface area contributed by atoms with Crippen molar-refractivity contribution < 1.29 is 52.4 Å². The van der Waals surface area contributed by atoms with E-state index in [1.807, 2.05) is 0 Å². The molecule has 4 aliphatic carbocycles. The molecule has 254 valence electrons. The number of aliphatic carboxylic acids is 1. The molecule has 2 N–H and O–H groups in total. The summed E-state index contributed by atoms with van der Waals surface area (Å²) < 4.78 is 50.0. The van der Waals surface area contributed by atoms with Crippen LogP contribution in [0.25, 0.3) is 0 Å². The number of aliphatic hydroxyl groups excluding tert-OH is 1. The van der Waals surface area contributed by atoms with Gasteiger partial charge in [0.05, 0.1) is 16.7 Å². The average Bonchev–Trinajstić information content (AvgIpc) is 3.23. The molecule has 0 spiro atoms. The maximum Gasteiger partial charge on any atom is 0.349 e. The van der Waals surface area contributed by atoms with E-state index in [-0.39, 0.29) is 41.2 Å². The number of ketones is 1. The first-order valence-corrected chi connectivity index (χ1v) is 16.0. The molecule has 0 amide bonds. The number of carbonyl (C=O) groups is 4. The van der Waals surface area contributed by atoms with E-state index in [1.165, 1.54) is 68.5 Å². The van der Waals surface area contributed by atoms with Gasteiger partial charge in [0, 0.05) is 35.7 Å². The average molecular weight is 685 g/mol. The molecule has 3 fully saturated rings. The van der Waals surface area contributed by atoms with Gasteiger partial charge < -0.3 is 24.4 Å². The molecule has 0 bridgehead atoms. The second-order valence-corrected chi connectivity index (χ2v) is 14.1. The molecule has 0 saturated heterocycles. The molecule has 4 aliphatic rings. The number of alkyl halides is 2. The van der Waals surface area contributed by atoms with Crippen LogP contribution >= 0.6 is 11.6 Å². The standard InChI is InChI=1S/C36H35ClF2O9/c1-18-13-24-25-16-28(38)26-14-21(41)11-12-33(26,3)35(25,39)30(42)17-34(24,4)36(18,32(44)45)48-31(43)20-5-7-22(8-6-20)47-23-9-10-29(27(37)15-23)46-19(2)40/h5-12,14-15,18,24-25,28,30,42H,13,16-17H2,1-4H3,(H,44,45)/t18-,24+,25+,28+,30+,33+,34+,35+,36+/m1/s1. The van der Waals surface area contributed by atoms with Crippen molar-refractivity contribution in [2.45, 2.75) is 70.5 Å². The number of benzene rings is 2. The normalized spacial score (nSPS) is 36.6. The fourth-order valence-electron chi connectivity index (χ4n) is 9.02. The van der Waals surface area contributed by atoms with Crippen LogP contribution in [0.5, 0.6) is 17.2 Å². The molecule has 6 rings (SSSR count). The lowest BCUT2D eigenvalue weighted by Crippen LogP contribution is -2.71. The van der Waals surface area contributed by atoms with Crippen molar-refractivity contribution in [2.24, 2.45) is 28.6 Å². The van der Waals surface area contributed by atoms with E-state index >= 15 is 8.78 Å². The van der Waals surface area contributed by atoms with Gasteiger partial charge in [0.15, 0.2) is 11.5 Å². The first-order valence-electron chi connectivity index (χ1n) is 15.7. The zero-order chi connectivity index (χ0) is 35.0. The Balaban J connectivity index is 1.27. The van der Waals surface area contributed by atoms with E-state index in [9.17, 15) is 29.4 Å². The summed E-state index contributed by atoms with van der Waals surface area (Å²) in [6.45, 7) is 5.89. The maximum atomic E-state index is 17.5. The van der Waals surface area contributed by atoms with Crippen molar-refractivity contribution >= 4 is 35.3 Å². The molecule has 9 nitrogen and oxygen atoms in total. The van der Waals surface area contributed by atoms with Gasteiger partial charge in [-0.2, -0.15) is 0 Å². The summed E-state index contributed by atoms with van der Waals surface area (Å²) in [7, 11) is 0. The summed E-state index contributed by atoms with van der Waals surface area (Å²) in [6, 6.07) is 10.2. The lowest BCUT2D eigenvalue weighted by molar-refractivity contribution is -0.229. The van der Waals surface area contributed by atoms with Crippen LogP contribution in [-0.2, 0) is 19.1 Å². The van der Waals surface area contributed by atoms with Crippen molar-refractivity contribution in [3.05, 3.63) is 76.9 Å². The predicted octanol–water partition coefficient (Wildman–Crippen LogP) is 6.60. The predicted molar refractivity (Wildman–Crippen MR) is 168 cm³/mol. The van der Waals surface area contributed by atoms with Gasteiger partial charge in [0.25, 0.3) is 0 Å². The zero-order valence-electron chi connectivity index (χ0n) is 26.7. The summed E-state index contributed by atoms with van der Waals surface area (Å²) >= 11 is 6.16. The van der Waals surface area contributed by atoms with Gasteiger partial charge in [-0.25, -0.2) is 18.4 Å². The lowest BCUT2D eigenvalue weighted by Gasteiger charge is -2.62. The molecular formula is C36H35ClF2O9. The highest BCUT2D eigenvalue weighted by Gasteiger charge is 2.78. The molecule has 2 aromatic rings. The molecule has 0 heterocycles. The van der Waals surface area contributed by atoms with Gasteiger partial charge in [0.2, 0.25) is 5.60 Å². The topological polar surface area (TPSA) is 136 Å². The van der Waals surface area contributed by atoms with E-state index in [1.54, 1.807) is 13.8 Å². The number of carboxylic acid groups (broad SMARTS) is 1. The Hall–Kier alpha value is -4.09. The Bertz CT molecular complexity index is 1770. The third-order valence-corrected chi connectivity index (χ3v) is 11.5. The minimum atomic E-state index is -2.40. The van der Waals surface area contributed by atoms with E-state index in [0.717, 1.165) is 6.08 Å². The quantitative estimate of drug-likeness (QED) is 0.255. The molecule has 0 aromatic heterocycles. The smallest absolute Gasteiger partial charge is 0.349 e. The van der Waals surface area contributed by atoms with E-state index in [4.69, 9.17) is 25.8 Å². The van der Waals surface area contributed by atoms with Gasteiger partial charge in [-0.3, -0.25) is 9.59 Å². The highest BCUT2D eigenvalue weighted by molar-refractivity contribution is 6.32. The summed E-state index contributed by atoms with van der Waals surface area (Å²) in [5, 5.41) is 22.5. The van der Waals surface area contributed by atoms with Crippen molar-refractivity contribution in [1.29, 1.82) is 0 Å². The minimum absolute atomic E-state index is 0.0162. The molecule has 12 heteroatoms. The fourth-order valence-corrected chi connectivity index (χ4v) is 9.23. The Kier molecular flexibility index (Phi) is 8.11. The first kappa shape index (κ1) is 33.8. The van der Waals surface area contributed by atoms with Crippen LogP contribution in [-0.4, -0.2) is 57.4 Å². The molecule has 3 saturated carbocycles. The van der Waals surface area contributed by atoms with Crippen molar-refractivity contribution in [3.8, 4) is 17.2 Å². The van der Waals surface area contributed by atoms with Crippen molar-refractivity contribution in [3.63, 3.8) is 0 Å². The Labute approximate surface area is 280 Å². The van der Waals surface area contributed by atoms with Crippen LogP contribution in [0.15, 0.2) is 66.3 Å². The van der Waals surface area contributed by atoms with Crippen LogP contribution in [0.1, 0.15) is 57.3 Å². The molecular weight excluding hydrogens is 650 g/mol. The van der Waals surface area contributed by atoms with Crippen LogP contribution in [0.2, 0.25) is 5.02 Å². The van der Waals surface area contributed by atoms with Gasteiger partial charge in [-0.1, -0.05) is 31.5 Å². The summed E-state index contributed by atoms with van der Waals surface area (Å²) in [4.78, 5) is 50.2. The van der Waals surface area contributed by atoms with Crippen molar-refractivity contribution in [2.75, 3.05) is 0 Å². The number of carboxylic acids is 1. The number of ether oxygens (including phenoxy) is 3. The van der Waals surface area contributed by atoms with Crippen LogP contribution in [0.3, 0.4) is 0 Å². The number of allylic oxidation sites excluding steroid dienone is 4. The lowest BCUT2D eigenvalue weighted by atomic mass is 9.44. The summed E-state index contributed by atoms with van der Waals surface area (Å²) in [5.74, 6) is -5.33. The summed E-state index contributed by atoms with van der Waals surface area (Å²) in [6.07, 6.45) is -0.475. The highest BCUT2D eigenvalue weighted by atomic mass is 35.5. The number of halogens is 3. The fraction of sp³-hybridized carbons (Fsp3) is 0.444. The highest BCUT2D eigenvalue weighted by Crippen LogP contribution is 2.71. The first-order chi connectivity index (χ1) is 22.5. The third-order valence-electron chi connectivity index (χ3n) is 11.2. The second kappa shape index (κ2) is 11.5. The van der Waals surface area contributed by atoms with E-state index < -0.39 is 75.8 Å². The van der Waals surface area contributed by atoms with Crippen LogP contribution < -0.4 is 9.47 Å². The summed E-state index contributed by atoms with van der Waals surface area (Å²) in [5.41, 5.74) is -7.69. The van der Waals surface area contributed by atoms with Crippen LogP contribution in [0.4, 0.5) is 8.78 Å². The van der Waals surface area contributed by atoms with Crippen LogP contribution in [0, 0.1) is 28.6 Å². The Morgan fingerprint density at radius 3 is 2.31 bits per heavy atom. The molecule has 0 unspecified atom stereocenters. The molecule has 0 aliphatic heterocycles. The minimum Gasteiger partial charge on any atom is -0.478 e. The number of esters is 2. The van der Waals surface area contributed by atoms with Crippen molar-refractivity contribution in [1.82, 2.24) is 0 Å². The zero-order valence-corrected chi connectivity index (χ0v) is 27.4. The van der Waals surface area contributed by atoms with E-state index in [0.29, 0.717) is 11.5 Å². The number of fused-ring (bicyclic) bond motifs is 5. The van der Waals surface area contributed by atoms with E-state index in [2.05, 4.69) is 0 Å². The Morgan fingerprint density at radius 1 is 1.02 bits per heavy atom. The molecule has 0 radical (unpaired) electrons. The molecule has 2 aromatic carbocycles. The SMILES string of the molecule is CC(=O)Oc1ccc(Oc2ccc(C(=O)O[C@]3(C(=O)O)[C@H](C)C[C@H]4[C@@H]5C[C@H](F)C6=CC(=O)C=C[C@]6(C)[C@@]5(F)[C@@H](O)C[C@@]43C)cc2)cc1Cl. The maximum absolute atomic E-state index is 17.5. The van der Waals surface area contributed by atoms with Gasteiger partial charge in [-0.05, 0) is 86.2 Å². The third kappa shape index (κ3) is 4.80. The number of aliphatic hydroxyl groups is 1. The number of hydrogen-bond acceptors (Lipinski definition) is 8. The number of rotatable bonds is 6. The Morgan fingerprint density at radius 2 is 1.69 bits per heavy atom. The van der Waals surface area contributed by atoms with Gasteiger partial charge >= 0.3 is 17.9 Å². The number of hydrogen-bond donors (Lipinski definition) is 2. The molecule has 48 heavy (non-hydrogen) atoms. The molecule has 9 atom stereocenters. The van der Waals surface area contributed by atoms with Gasteiger partial charge in [0.1, 0.15) is 23.4 Å². The number of carbonyl (C=O) groups excluding carboxylic acids is 3. The largest absolute Gasteiger partial charge is 0.478 e. The second-order valence-electron chi connectivity index (χ2n) is 13.7. The van der Waals surface area contributed by atoms with Gasteiger partial charge in [-0.15, -0.1) is 0 Å².